The van der Waals surface area contributed by atoms with E-state index in [2.05, 4.69) is 20.0 Å². The highest BCUT2D eigenvalue weighted by Gasteiger charge is 2.00. The SMILES string of the molecule is COC(=O)CCCCCNc1cc(C)nc(C)n1. The normalized spacial score (nSPS) is 10.2. The number of hydrogen-bond donors (Lipinski definition) is 1. The molecule has 1 aromatic heterocycles. The molecule has 5 heteroatoms. The van der Waals surface area contributed by atoms with Gasteiger partial charge < -0.3 is 10.1 Å². The number of anilines is 1. The number of ether oxygens (including phenoxy) is 1. The zero-order valence-electron chi connectivity index (χ0n) is 11.3. The van der Waals surface area contributed by atoms with Crippen LogP contribution in [-0.2, 0) is 9.53 Å². The first-order valence-electron chi connectivity index (χ1n) is 6.25. The van der Waals surface area contributed by atoms with Crippen LogP contribution in [0.5, 0.6) is 0 Å². The Morgan fingerprint density at radius 3 is 2.72 bits per heavy atom. The maximum Gasteiger partial charge on any atom is 0.305 e. The van der Waals surface area contributed by atoms with Crippen molar-refractivity contribution in [1.82, 2.24) is 9.97 Å². The van der Waals surface area contributed by atoms with Gasteiger partial charge in [0.2, 0.25) is 0 Å². The van der Waals surface area contributed by atoms with Crippen molar-refractivity contribution in [3.8, 4) is 0 Å². The van der Waals surface area contributed by atoms with Crippen molar-refractivity contribution in [2.45, 2.75) is 39.5 Å². The van der Waals surface area contributed by atoms with Crippen LogP contribution in [-0.4, -0.2) is 29.6 Å². The summed E-state index contributed by atoms with van der Waals surface area (Å²) in [5.74, 6) is 1.51. The lowest BCUT2D eigenvalue weighted by Crippen LogP contribution is -2.06. The number of carbonyl (C=O) groups is 1. The van der Waals surface area contributed by atoms with Crippen molar-refractivity contribution < 1.29 is 9.53 Å². The fourth-order valence-electron chi connectivity index (χ4n) is 1.70. The summed E-state index contributed by atoms with van der Waals surface area (Å²) in [6.07, 6.45) is 3.39. The Labute approximate surface area is 108 Å². The number of aromatic nitrogens is 2. The van der Waals surface area contributed by atoms with Crippen LogP contribution in [0.1, 0.15) is 37.2 Å². The summed E-state index contributed by atoms with van der Waals surface area (Å²) in [4.78, 5) is 19.4. The maximum absolute atomic E-state index is 10.9. The standard InChI is InChI=1S/C13H21N3O2/c1-10-9-12(16-11(2)15-10)14-8-6-4-5-7-13(17)18-3/h9H,4-8H2,1-3H3,(H,14,15,16). The van der Waals surface area contributed by atoms with Gasteiger partial charge in [-0.2, -0.15) is 0 Å². The van der Waals surface area contributed by atoms with Crippen LogP contribution in [0.15, 0.2) is 6.07 Å². The molecular weight excluding hydrogens is 230 g/mol. The van der Waals surface area contributed by atoms with Crippen LogP contribution < -0.4 is 5.32 Å². The van der Waals surface area contributed by atoms with Crippen LogP contribution in [0.2, 0.25) is 0 Å². The molecule has 0 aliphatic heterocycles. The molecule has 0 bridgehead atoms. The average molecular weight is 251 g/mol. The Kier molecular flexibility index (Phi) is 6.11. The van der Waals surface area contributed by atoms with Gasteiger partial charge in [-0.1, -0.05) is 6.42 Å². The maximum atomic E-state index is 10.9. The van der Waals surface area contributed by atoms with E-state index in [9.17, 15) is 4.79 Å². The van der Waals surface area contributed by atoms with Gasteiger partial charge >= 0.3 is 5.97 Å². The first-order chi connectivity index (χ1) is 8.61. The van der Waals surface area contributed by atoms with Crippen LogP contribution in [0.25, 0.3) is 0 Å². The molecule has 0 unspecified atom stereocenters. The molecule has 0 atom stereocenters. The third-order valence-electron chi connectivity index (χ3n) is 2.56. The quantitative estimate of drug-likeness (QED) is 0.594. The fourth-order valence-corrected chi connectivity index (χ4v) is 1.70. The van der Waals surface area contributed by atoms with Crippen molar-refractivity contribution >= 4 is 11.8 Å². The fraction of sp³-hybridized carbons (Fsp3) is 0.615. The Morgan fingerprint density at radius 1 is 1.28 bits per heavy atom. The monoisotopic (exact) mass is 251 g/mol. The number of carbonyl (C=O) groups excluding carboxylic acids is 1. The van der Waals surface area contributed by atoms with E-state index >= 15 is 0 Å². The van der Waals surface area contributed by atoms with Gasteiger partial charge in [0, 0.05) is 24.7 Å². The topological polar surface area (TPSA) is 64.1 Å². The third-order valence-corrected chi connectivity index (χ3v) is 2.56. The van der Waals surface area contributed by atoms with Gasteiger partial charge in [-0.05, 0) is 26.7 Å². The minimum atomic E-state index is -0.134. The predicted octanol–water partition coefficient (Wildman–Crippen LogP) is 2.24. The van der Waals surface area contributed by atoms with Gasteiger partial charge in [0.1, 0.15) is 11.6 Å². The average Bonchev–Trinajstić information content (AvgIpc) is 2.32. The number of aryl methyl sites for hydroxylation is 2. The van der Waals surface area contributed by atoms with E-state index in [0.29, 0.717) is 6.42 Å². The minimum absolute atomic E-state index is 0.134. The summed E-state index contributed by atoms with van der Waals surface area (Å²) in [7, 11) is 1.42. The molecule has 18 heavy (non-hydrogen) atoms. The zero-order valence-corrected chi connectivity index (χ0v) is 11.3. The van der Waals surface area contributed by atoms with Crippen molar-refractivity contribution in [2.24, 2.45) is 0 Å². The summed E-state index contributed by atoms with van der Waals surface area (Å²) in [6, 6.07) is 1.93. The van der Waals surface area contributed by atoms with Gasteiger partial charge in [-0.15, -0.1) is 0 Å². The molecule has 1 N–H and O–H groups in total. The molecule has 0 aliphatic rings. The number of nitrogens with one attached hydrogen (secondary N) is 1. The third kappa shape index (κ3) is 5.61. The summed E-state index contributed by atoms with van der Waals surface area (Å²) in [5.41, 5.74) is 0.968. The second-order valence-corrected chi connectivity index (χ2v) is 4.26. The van der Waals surface area contributed by atoms with E-state index in [-0.39, 0.29) is 5.97 Å². The van der Waals surface area contributed by atoms with E-state index in [1.807, 2.05) is 19.9 Å². The second kappa shape index (κ2) is 7.63. The lowest BCUT2D eigenvalue weighted by molar-refractivity contribution is -0.140. The number of nitrogens with zero attached hydrogens (tertiary/aromatic N) is 2. The molecule has 1 aromatic rings. The van der Waals surface area contributed by atoms with Crippen LogP contribution >= 0.6 is 0 Å². The zero-order chi connectivity index (χ0) is 13.4. The molecule has 5 nitrogen and oxygen atoms in total. The van der Waals surface area contributed by atoms with E-state index < -0.39 is 0 Å². The van der Waals surface area contributed by atoms with E-state index in [1.165, 1.54) is 7.11 Å². The van der Waals surface area contributed by atoms with Crippen molar-refractivity contribution in [3.05, 3.63) is 17.6 Å². The van der Waals surface area contributed by atoms with E-state index in [4.69, 9.17) is 0 Å². The highest BCUT2D eigenvalue weighted by Crippen LogP contribution is 2.07. The van der Waals surface area contributed by atoms with Crippen LogP contribution in [0.4, 0.5) is 5.82 Å². The summed E-state index contributed by atoms with van der Waals surface area (Å²) in [5, 5.41) is 3.26. The van der Waals surface area contributed by atoms with Gasteiger partial charge in [-0.3, -0.25) is 4.79 Å². The van der Waals surface area contributed by atoms with Crippen molar-refractivity contribution in [1.29, 1.82) is 0 Å². The summed E-state index contributed by atoms with van der Waals surface area (Å²) < 4.78 is 4.58. The lowest BCUT2D eigenvalue weighted by Gasteiger charge is -2.06. The van der Waals surface area contributed by atoms with Gasteiger partial charge in [0.25, 0.3) is 0 Å². The predicted molar refractivity (Wildman–Crippen MR) is 70.5 cm³/mol. The first kappa shape index (κ1) is 14.4. The Hall–Kier alpha value is -1.65. The number of esters is 1. The number of methoxy groups -OCH3 is 1. The largest absolute Gasteiger partial charge is 0.469 e. The van der Waals surface area contributed by atoms with Gasteiger partial charge in [0.15, 0.2) is 0 Å². The molecule has 1 heterocycles. The Morgan fingerprint density at radius 2 is 2.06 bits per heavy atom. The van der Waals surface area contributed by atoms with E-state index in [0.717, 1.165) is 43.1 Å². The van der Waals surface area contributed by atoms with Gasteiger partial charge in [0.05, 0.1) is 7.11 Å². The van der Waals surface area contributed by atoms with Crippen molar-refractivity contribution in [3.63, 3.8) is 0 Å². The molecule has 100 valence electrons. The summed E-state index contributed by atoms with van der Waals surface area (Å²) >= 11 is 0. The molecular formula is C13H21N3O2. The molecule has 0 fully saturated rings. The smallest absolute Gasteiger partial charge is 0.305 e. The second-order valence-electron chi connectivity index (χ2n) is 4.26. The molecule has 1 rings (SSSR count). The molecule has 0 amide bonds. The number of rotatable bonds is 7. The highest BCUT2D eigenvalue weighted by atomic mass is 16.5. The molecule has 0 saturated heterocycles. The molecule has 0 aliphatic carbocycles. The number of hydrogen-bond acceptors (Lipinski definition) is 5. The molecule has 0 aromatic carbocycles. The lowest BCUT2D eigenvalue weighted by atomic mass is 10.2. The summed E-state index contributed by atoms with van der Waals surface area (Å²) in [6.45, 7) is 4.70. The number of unbranched alkanes of at least 4 members (excludes halogenated alkanes) is 2. The van der Waals surface area contributed by atoms with E-state index in [1.54, 1.807) is 0 Å². The molecule has 0 saturated carbocycles. The van der Waals surface area contributed by atoms with Gasteiger partial charge in [-0.25, -0.2) is 9.97 Å². The minimum Gasteiger partial charge on any atom is -0.469 e. The van der Waals surface area contributed by atoms with Crippen LogP contribution in [0, 0.1) is 13.8 Å². The Balaban J connectivity index is 2.16. The Bertz CT molecular complexity index is 374. The molecule has 0 radical (unpaired) electrons. The van der Waals surface area contributed by atoms with Crippen LogP contribution in [0.3, 0.4) is 0 Å². The van der Waals surface area contributed by atoms with Crippen molar-refractivity contribution in [2.75, 3.05) is 19.0 Å². The molecule has 0 spiro atoms. The highest BCUT2D eigenvalue weighted by molar-refractivity contribution is 5.68. The first-order valence-corrected chi connectivity index (χ1v) is 6.25.